The Morgan fingerprint density at radius 2 is 2.04 bits per heavy atom. The van der Waals surface area contributed by atoms with E-state index >= 15 is 0 Å². The lowest BCUT2D eigenvalue weighted by Crippen LogP contribution is -2.48. The molecule has 3 rings (SSSR count). The van der Waals surface area contributed by atoms with Gasteiger partial charge in [-0.05, 0) is 12.1 Å². The summed E-state index contributed by atoms with van der Waals surface area (Å²) in [4.78, 5) is 35.7. The molecule has 1 saturated heterocycles. The number of ether oxygens (including phenoxy) is 1. The van der Waals surface area contributed by atoms with Gasteiger partial charge in [-0.2, -0.15) is 5.10 Å². The van der Waals surface area contributed by atoms with E-state index in [0.717, 1.165) is 0 Å². The average molecular weight is 360 g/mol. The van der Waals surface area contributed by atoms with Gasteiger partial charge in [0, 0.05) is 37.5 Å². The number of carbonyl (C=O) groups excluding carboxylic acids is 1. The summed E-state index contributed by atoms with van der Waals surface area (Å²) in [6.45, 7) is 0.357. The molecule has 1 aliphatic rings. The lowest BCUT2D eigenvalue weighted by Gasteiger charge is -2.30. The van der Waals surface area contributed by atoms with Crippen LogP contribution in [0.1, 0.15) is 10.4 Å². The molecule has 2 heterocycles. The molecule has 0 saturated carbocycles. The molecule has 1 fully saturated rings. The number of amides is 1. The summed E-state index contributed by atoms with van der Waals surface area (Å²) in [6.07, 6.45) is 0.483. The van der Waals surface area contributed by atoms with Gasteiger partial charge in [-0.1, -0.05) is 0 Å². The zero-order valence-electron chi connectivity index (χ0n) is 13.9. The number of carbonyl (C=O) groups is 2. The molecule has 0 spiro atoms. The number of nitro groups is 1. The molecule has 1 aromatic carbocycles. The Bertz CT molecular complexity index is 860. The van der Waals surface area contributed by atoms with Crippen LogP contribution in [0.25, 0.3) is 11.3 Å². The van der Waals surface area contributed by atoms with Crippen molar-refractivity contribution in [2.45, 2.75) is 6.10 Å². The van der Waals surface area contributed by atoms with Crippen LogP contribution in [0, 0.1) is 10.1 Å². The first-order valence-corrected chi connectivity index (χ1v) is 7.79. The molecular weight excluding hydrogens is 344 g/mol. The summed E-state index contributed by atoms with van der Waals surface area (Å²) in [5, 5.41) is 24.1. The van der Waals surface area contributed by atoms with Crippen LogP contribution in [0.2, 0.25) is 0 Å². The highest BCUT2D eigenvalue weighted by atomic mass is 16.6. The number of carboxylic acid groups (broad SMARTS) is 1. The Balaban J connectivity index is 1.90. The number of aryl methyl sites for hydroxylation is 1. The number of aliphatic carboxylic acids is 1. The molecule has 10 nitrogen and oxygen atoms in total. The minimum Gasteiger partial charge on any atom is -0.479 e. The Labute approximate surface area is 147 Å². The third-order valence-electron chi connectivity index (χ3n) is 4.04. The number of carboxylic acids is 1. The molecule has 0 radical (unpaired) electrons. The van der Waals surface area contributed by atoms with Crippen LogP contribution in [0.15, 0.2) is 30.5 Å². The number of benzene rings is 1. The monoisotopic (exact) mass is 360 g/mol. The fourth-order valence-corrected chi connectivity index (χ4v) is 2.75. The molecule has 1 amide bonds. The molecule has 136 valence electrons. The van der Waals surface area contributed by atoms with Crippen LogP contribution in [0.3, 0.4) is 0 Å². The van der Waals surface area contributed by atoms with E-state index in [-0.39, 0.29) is 31.3 Å². The van der Waals surface area contributed by atoms with Gasteiger partial charge in [0.15, 0.2) is 6.10 Å². The standard InChI is InChI=1S/C16H16N4O6/c1-18-8-12(15(21)19-6-7-26-13(9-19)16(22)23)14(17-18)10-2-4-11(5-3-10)20(24)25/h2-5,8,13H,6-7,9H2,1H3,(H,22,23). The van der Waals surface area contributed by atoms with E-state index in [2.05, 4.69) is 5.10 Å². The lowest BCUT2D eigenvalue weighted by molar-refractivity contribution is -0.384. The maximum Gasteiger partial charge on any atom is 0.334 e. The molecule has 1 atom stereocenters. The van der Waals surface area contributed by atoms with Gasteiger partial charge in [0.1, 0.15) is 5.69 Å². The Kier molecular flexibility index (Phi) is 4.67. The summed E-state index contributed by atoms with van der Waals surface area (Å²) in [7, 11) is 1.66. The Hall–Kier alpha value is -3.27. The van der Waals surface area contributed by atoms with Crippen LogP contribution in [0.5, 0.6) is 0 Å². The van der Waals surface area contributed by atoms with E-state index in [1.54, 1.807) is 13.2 Å². The van der Waals surface area contributed by atoms with Gasteiger partial charge in [-0.25, -0.2) is 4.79 Å². The maximum absolute atomic E-state index is 12.9. The highest BCUT2D eigenvalue weighted by Gasteiger charge is 2.31. The number of non-ortho nitro benzene ring substituents is 1. The van der Waals surface area contributed by atoms with Gasteiger partial charge < -0.3 is 14.7 Å². The maximum atomic E-state index is 12.9. The number of hydrogen-bond acceptors (Lipinski definition) is 6. The van der Waals surface area contributed by atoms with E-state index in [1.165, 1.54) is 33.8 Å². The van der Waals surface area contributed by atoms with Crippen LogP contribution in [-0.4, -0.2) is 62.4 Å². The molecule has 1 unspecified atom stereocenters. The zero-order chi connectivity index (χ0) is 18.8. The van der Waals surface area contributed by atoms with Crippen molar-refractivity contribution in [3.8, 4) is 11.3 Å². The number of nitro benzene ring substituents is 1. The summed E-state index contributed by atoms with van der Waals surface area (Å²) in [5.74, 6) is -1.48. The fraction of sp³-hybridized carbons (Fsp3) is 0.312. The van der Waals surface area contributed by atoms with Crippen molar-refractivity contribution >= 4 is 17.6 Å². The van der Waals surface area contributed by atoms with Gasteiger partial charge in [0.2, 0.25) is 0 Å². The van der Waals surface area contributed by atoms with E-state index < -0.39 is 17.0 Å². The van der Waals surface area contributed by atoms with E-state index in [9.17, 15) is 19.7 Å². The second-order valence-electron chi connectivity index (χ2n) is 5.82. The predicted molar refractivity (Wildman–Crippen MR) is 88.6 cm³/mol. The third-order valence-corrected chi connectivity index (χ3v) is 4.04. The Morgan fingerprint density at radius 1 is 1.35 bits per heavy atom. The van der Waals surface area contributed by atoms with E-state index in [1.807, 2.05) is 0 Å². The minimum absolute atomic E-state index is 0.0528. The molecule has 26 heavy (non-hydrogen) atoms. The second-order valence-corrected chi connectivity index (χ2v) is 5.82. The van der Waals surface area contributed by atoms with Crippen molar-refractivity contribution in [3.05, 3.63) is 46.1 Å². The number of morpholine rings is 1. The summed E-state index contributed by atoms with van der Waals surface area (Å²) in [6, 6.07) is 5.73. The first-order chi connectivity index (χ1) is 12.4. The molecular formula is C16H16N4O6. The predicted octanol–water partition coefficient (Wildman–Crippen LogP) is 0.921. The van der Waals surface area contributed by atoms with Gasteiger partial charge in [-0.3, -0.25) is 19.6 Å². The number of nitrogens with zero attached hydrogens (tertiary/aromatic N) is 4. The van der Waals surface area contributed by atoms with Gasteiger partial charge >= 0.3 is 5.97 Å². The molecule has 1 N–H and O–H groups in total. The summed E-state index contributed by atoms with van der Waals surface area (Å²) < 4.78 is 6.60. The van der Waals surface area contributed by atoms with Crippen molar-refractivity contribution in [2.24, 2.45) is 7.05 Å². The summed E-state index contributed by atoms with van der Waals surface area (Å²) >= 11 is 0. The first-order valence-electron chi connectivity index (χ1n) is 7.79. The van der Waals surface area contributed by atoms with Crippen molar-refractivity contribution in [2.75, 3.05) is 19.7 Å². The SMILES string of the molecule is Cn1cc(C(=O)N2CCOC(C(=O)O)C2)c(-c2ccc([N+](=O)[O-])cc2)n1. The Morgan fingerprint density at radius 3 is 2.65 bits per heavy atom. The largest absolute Gasteiger partial charge is 0.479 e. The van der Waals surface area contributed by atoms with Crippen molar-refractivity contribution in [1.82, 2.24) is 14.7 Å². The minimum atomic E-state index is -1.12. The highest BCUT2D eigenvalue weighted by Crippen LogP contribution is 2.26. The third kappa shape index (κ3) is 3.40. The van der Waals surface area contributed by atoms with Gasteiger partial charge in [-0.15, -0.1) is 0 Å². The van der Waals surface area contributed by atoms with E-state index in [4.69, 9.17) is 9.84 Å². The number of rotatable bonds is 4. The van der Waals surface area contributed by atoms with Crippen molar-refractivity contribution in [3.63, 3.8) is 0 Å². The highest BCUT2D eigenvalue weighted by molar-refractivity contribution is 6.00. The van der Waals surface area contributed by atoms with Gasteiger partial charge in [0.05, 0.1) is 23.6 Å². The second kappa shape index (κ2) is 6.92. The van der Waals surface area contributed by atoms with Crippen LogP contribution < -0.4 is 0 Å². The molecule has 1 aliphatic heterocycles. The molecule has 0 bridgehead atoms. The zero-order valence-corrected chi connectivity index (χ0v) is 13.9. The molecule has 2 aromatic rings. The van der Waals surface area contributed by atoms with Crippen LogP contribution in [0.4, 0.5) is 5.69 Å². The fourth-order valence-electron chi connectivity index (χ4n) is 2.75. The molecule has 10 heteroatoms. The topological polar surface area (TPSA) is 128 Å². The molecule has 0 aliphatic carbocycles. The van der Waals surface area contributed by atoms with Crippen LogP contribution in [-0.2, 0) is 16.6 Å². The first kappa shape index (κ1) is 17.5. The van der Waals surface area contributed by atoms with Crippen molar-refractivity contribution in [1.29, 1.82) is 0 Å². The van der Waals surface area contributed by atoms with Gasteiger partial charge in [0.25, 0.3) is 11.6 Å². The normalized spacial score (nSPS) is 17.1. The molecule has 1 aromatic heterocycles. The van der Waals surface area contributed by atoms with Crippen LogP contribution >= 0.6 is 0 Å². The smallest absolute Gasteiger partial charge is 0.334 e. The quantitative estimate of drug-likeness (QED) is 0.634. The average Bonchev–Trinajstić information content (AvgIpc) is 3.03. The number of aromatic nitrogens is 2. The van der Waals surface area contributed by atoms with E-state index in [0.29, 0.717) is 16.8 Å². The van der Waals surface area contributed by atoms with Crippen molar-refractivity contribution < 1.29 is 24.4 Å². The lowest BCUT2D eigenvalue weighted by atomic mass is 10.1. The summed E-state index contributed by atoms with van der Waals surface area (Å²) in [5.41, 5.74) is 1.18. The number of hydrogen-bond donors (Lipinski definition) is 1.